The molecule has 6 heteroatoms. The molecule has 0 atom stereocenters. The van der Waals surface area contributed by atoms with Gasteiger partial charge in [-0.25, -0.2) is 4.98 Å². The molecule has 1 nitrogen and oxygen atoms in total. The molecule has 1 aromatic heterocycles. The molecule has 0 saturated carbocycles. The highest BCUT2D eigenvalue weighted by atomic mass is 79.9. The summed E-state index contributed by atoms with van der Waals surface area (Å²) in [6.45, 7) is 0. The monoisotopic (exact) mass is 311 g/mol. The van der Waals surface area contributed by atoms with E-state index in [0.29, 0.717) is 17.9 Å². The Morgan fingerprint density at radius 2 is 2.12 bits per heavy atom. The molecular formula is C10H6BrClF3N. The summed E-state index contributed by atoms with van der Waals surface area (Å²) in [6.07, 6.45) is -3.30. The fourth-order valence-electron chi connectivity index (χ4n) is 0.964. The first-order chi connectivity index (χ1) is 7.45. The summed E-state index contributed by atoms with van der Waals surface area (Å²) in [7, 11) is 0. The van der Waals surface area contributed by atoms with Gasteiger partial charge in [-0.1, -0.05) is 39.4 Å². The third-order valence-corrected chi connectivity index (χ3v) is 2.22. The van der Waals surface area contributed by atoms with Crippen LogP contribution in [0.5, 0.6) is 0 Å². The average Bonchev–Trinajstić information content (AvgIpc) is 2.16. The number of pyridine rings is 1. The summed E-state index contributed by atoms with van der Waals surface area (Å²) in [6, 6.07) is 1.12. The number of hydrogen-bond acceptors (Lipinski definition) is 1. The normalized spacial score (nSPS) is 10.8. The zero-order valence-corrected chi connectivity index (χ0v) is 10.2. The highest BCUT2D eigenvalue weighted by Gasteiger charge is 2.33. The van der Waals surface area contributed by atoms with Gasteiger partial charge in [-0.15, -0.1) is 0 Å². The maximum absolute atomic E-state index is 12.5. The number of nitrogens with zero attached hydrogens (tertiary/aromatic N) is 1. The fraction of sp³-hybridized carbons (Fsp3) is 0.300. The number of alkyl halides is 4. The van der Waals surface area contributed by atoms with Gasteiger partial charge >= 0.3 is 6.18 Å². The largest absolute Gasteiger partial charge is 0.419 e. The SMILES string of the molecule is FC(F)(F)c1cnc(Cl)cc1C#CCCBr. The van der Waals surface area contributed by atoms with Gasteiger partial charge in [0, 0.05) is 23.5 Å². The summed E-state index contributed by atoms with van der Waals surface area (Å²) in [5.41, 5.74) is -1.01. The highest BCUT2D eigenvalue weighted by Crippen LogP contribution is 2.31. The zero-order chi connectivity index (χ0) is 12.2. The molecule has 1 heterocycles. The Kier molecular flexibility index (Phi) is 4.63. The molecule has 0 bridgehead atoms. The van der Waals surface area contributed by atoms with Gasteiger partial charge in [-0.2, -0.15) is 13.2 Å². The van der Waals surface area contributed by atoms with Crippen molar-refractivity contribution in [1.29, 1.82) is 0 Å². The zero-order valence-electron chi connectivity index (χ0n) is 7.91. The molecular weight excluding hydrogens is 306 g/mol. The topological polar surface area (TPSA) is 12.9 Å². The maximum Gasteiger partial charge on any atom is 0.419 e. The number of rotatable bonds is 1. The number of hydrogen-bond donors (Lipinski definition) is 0. The van der Waals surface area contributed by atoms with E-state index in [2.05, 4.69) is 32.8 Å². The van der Waals surface area contributed by atoms with Crippen LogP contribution < -0.4 is 0 Å². The minimum atomic E-state index is -4.46. The van der Waals surface area contributed by atoms with Crippen molar-refractivity contribution < 1.29 is 13.2 Å². The van der Waals surface area contributed by atoms with Gasteiger partial charge in [-0.05, 0) is 6.07 Å². The third-order valence-electron chi connectivity index (χ3n) is 1.62. The Bertz CT molecular complexity index is 434. The van der Waals surface area contributed by atoms with Gasteiger partial charge < -0.3 is 0 Å². The van der Waals surface area contributed by atoms with Gasteiger partial charge in [0.1, 0.15) is 5.15 Å². The summed E-state index contributed by atoms with van der Waals surface area (Å²) in [4.78, 5) is 3.40. The van der Waals surface area contributed by atoms with Crippen LogP contribution in [-0.2, 0) is 6.18 Å². The molecule has 0 fully saturated rings. The third kappa shape index (κ3) is 3.69. The predicted octanol–water partition coefficient (Wildman–Crippen LogP) is 3.89. The maximum atomic E-state index is 12.5. The van der Waals surface area contributed by atoms with E-state index in [-0.39, 0.29) is 10.7 Å². The Morgan fingerprint density at radius 3 is 2.69 bits per heavy atom. The van der Waals surface area contributed by atoms with Crippen molar-refractivity contribution in [3.63, 3.8) is 0 Å². The molecule has 0 unspecified atom stereocenters. The van der Waals surface area contributed by atoms with Crippen molar-refractivity contribution >= 4 is 27.5 Å². The van der Waals surface area contributed by atoms with Crippen LogP contribution >= 0.6 is 27.5 Å². The molecule has 0 radical (unpaired) electrons. The van der Waals surface area contributed by atoms with E-state index in [9.17, 15) is 13.2 Å². The lowest BCUT2D eigenvalue weighted by molar-refractivity contribution is -0.138. The second-order valence-electron chi connectivity index (χ2n) is 2.79. The van der Waals surface area contributed by atoms with Crippen molar-refractivity contribution in [3.05, 3.63) is 28.5 Å². The minimum Gasteiger partial charge on any atom is -0.244 e. The Morgan fingerprint density at radius 1 is 1.44 bits per heavy atom. The second kappa shape index (κ2) is 5.55. The highest BCUT2D eigenvalue weighted by molar-refractivity contribution is 9.09. The molecule has 1 rings (SSSR count). The standard InChI is InChI=1S/C10H6BrClF3N/c11-4-2-1-3-7-5-9(12)16-6-8(7)10(13,14)15/h5-6H,2,4H2. The summed E-state index contributed by atoms with van der Waals surface area (Å²) in [5.74, 6) is 5.04. The van der Waals surface area contributed by atoms with Crippen LogP contribution in [0.15, 0.2) is 12.3 Å². The summed E-state index contributed by atoms with van der Waals surface area (Å²) in [5, 5.41) is 0.608. The van der Waals surface area contributed by atoms with E-state index in [1.165, 1.54) is 0 Å². The molecule has 0 spiro atoms. The quantitative estimate of drug-likeness (QED) is 0.435. The van der Waals surface area contributed by atoms with Crippen molar-refractivity contribution in [3.8, 4) is 11.8 Å². The van der Waals surface area contributed by atoms with E-state index in [1.54, 1.807) is 0 Å². The van der Waals surface area contributed by atoms with Gasteiger partial charge in [0.05, 0.1) is 5.56 Å². The molecule has 0 aliphatic carbocycles. The summed E-state index contributed by atoms with van der Waals surface area (Å²) >= 11 is 8.66. The van der Waals surface area contributed by atoms with E-state index in [1.807, 2.05) is 0 Å². The van der Waals surface area contributed by atoms with Gasteiger partial charge in [0.2, 0.25) is 0 Å². The first kappa shape index (κ1) is 13.3. The molecule has 0 aromatic carbocycles. The van der Waals surface area contributed by atoms with Crippen LogP contribution in [0.25, 0.3) is 0 Å². The van der Waals surface area contributed by atoms with Crippen LogP contribution in [0, 0.1) is 11.8 Å². The molecule has 86 valence electrons. The van der Waals surface area contributed by atoms with Crippen molar-refractivity contribution in [2.24, 2.45) is 0 Å². The number of halogens is 5. The van der Waals surface area contributed by atoms with E-state index < -0.39 is 11.7 Å². The van der Waals surface area contributed by atoms with Crippen LogP contribution in [-0.4, -0.2) is 10.3 Å². The van der Waals surface area contributed by atoms with E-state index in [0.717, 1.165) is 6.07 Å². The van der Waals surface area contributed by atoms with Crippen LogP contribution in [0.1, 0.15) is 17.5 Å². The Labute approximate surface area is 104 Å². The van der Waals surface area contributed by atoms with Crippen molar-refractivity contribution in [1.82, 2.24) is 4.98 Å². The molecule has 0 saturated heterocycles. The van der Waals surface area contributed by atoms with E-state index in [4.69, 9.17) is 11.6 Å². The van der Waals surface area contributed by atoms with Crippen LogP contribution in [0.3, 0.4) is 0 Å². The van der Waals surface area contributed by atoms with E-state index >= 15 is 0 Å². The Hall–Kier alpha value is -0.730. The lowest BCUT2D eigenvalue weighted by Crippen LogP contribution is -2.08. The molecule has 0 N–H and O–H groups in total. The first-order valence-electron chi connectivity index (χ1n) is 4.22. The lowest BCUT2D eigenvalue weighted by atomic mass is 10.1. The predicted molar refractivity (Wildman–Crippen MR) is 59.5 cm³/mol. The van der Waals surface area contributed by atoms with Gasteiger partial charge in [-0.3, -0.25) is 0 Å². The smallest absolute Gasteiger partial charge is 0.244 e. The molecule has 0 aliphatic heterocycles. The minimum absolute atomic E-state index is 0.00357. The average molecular weight is 313 g/mol. The number of aromatic nitrogens is 1. The summed E-state index contributed by atoms with van der Waals surface area (Å²) < 4.78 is 37.6. The fourth-order valence-corrected chi connectivity index (χ4v) is 1.32. The van der Waals surface area contributed by atoms with Crippen molar-refractivity contribution in [2.75, 3.05) is 5.33 Å². The van der Waals surface area contributed by atoms with Gasteiger partial charge in [0.15, 0.2) is 0 Å². The van der Waals surface area contributed by atoms with Gasteiger partial charge in [0.25, 0.3) is 0 Å². The lowest BCUT2D eigenvalue weighted by Gasteiger charge is -2.08. The molecule has 0 aliphatic rings. The van der Waals surface area contributed by atoms with Crippen LogP contribution in [0.4, 0.5) is 13.2 Å². The second-order valence-corrected chi connectivity index (χ2v) is 3.97. The van der Waals surface area contributed by atoms with Crippen molar-refractivity contribution in [2.45, 2.75) is 12.6 Å². The van der Waals surface area contributed by atoms with Crippen LogP contribution in [0.2, 0.25) is 5.15 Å². The molecule has 0 amide bonds. The molecule has 1 aromatic rings. The molecule has 16 heavy (non-hydrogen) atoms. The Balaban J connectivity index is 3.15. The first-order valence-corrected chi connectivity index (χ1v) is 5.72.